The minimum absolute atomic E-state index is 0.164. The van der Waals surface area contributed by atoms with Crippen molar-refractivity contribution in [2.75, 3.05) is 13.1 Å². The summed E-state index contributed by atoms with van der Waals surface area (Å²) in [7, 11) is 0. The molecule has 6 nitrogen and oxygen atoms in total. The van der Waals surface area contributed by atoms with E-state index >= 15 is 0 Å². The van der Waals surface area contributed by atoms with Crippen molar-refractivity contribution < 1.29 is 14.7 Å². The number of nitrogens with zero attached hydrogens (tertiary/aromatic N) is 1. The number of carbonyl (C=O) groups is 2. The van der Waals surface area contributed by atoms with Gasteiger partial charge in [-0.3, -0.25) is 10.1 Å². The fourth-order valence-corrected chi connectivity index (χ4v) is 2.35. The molecule has 1 aromatic carbocycles. The van der Waals surface area contributed by atoms with Crippen LogP contribution in [0.5, 0.6) is 5.75 Å². The molecule has 2 rings (SSSR count). The minimum atomic E-state index is -0.789. The zero-order chi connectivity index (χ0) is 15.2. The van der Waals surface area contributed by atoms with Crippen LogP contribution in [0.1, 0.15) is 24.8 Å². The van der Waals surface area contributed by atoms with Crippen molar-refractivity contribution in [2.45, 2.75) is 31.7 Å². The molecule has 6 heteroatoms. The van der Waals surface area contributed by atoms with Crippen LogP contribution in [-0.4, -0.2) is 41.1 Å². The zero-order valence-corrected chi connectivity index (χ0v) is 11.9. The Hall–Kier alpha value is -2.08. The van der Waals surface area contributed by atoms with Gasteiger partial charge < -0.3 is 15.7 Å². The molecular weight excluding hydrogens is 270 g/mol. The standard InChI is InChI=1S/C15H21N3O3/c16-13(10-11-4-6-12(19)7-5-11)14(20)17-15(21)18-8-2-1-3-9-18/h4-7,13,19H,1-3,8-10,16H2,(H,17,20,21)/t13-/m0/s1. The number of urea groups is 1. The molecule has 0 spiro atoms. The summed E-state index contributed by atoms with van der Waals surface area (Å²) in [6.45, 7) is 1.37. The van der Waals surface area contributed by atoms with Gasteiger partial charge in [-0.05, 0) is 43.4 Å². The maximum Gasteiger partial charge on any atom is 0.324 e. The number of amides is 3. The maximum atomic E-state index is 11.9. The zero-order valence-electron chi connectivity index (χ0n) is 11.9. The van der Waals surface area contributed by atoms with Gasteiger partial charge in [-0.1, -0.05) is 12.1 Å². The van der Waals surface area contributed by atoms with Crippen molar-refractivity contribution in [3.05, 3.63) is 29.8 Å². The number of rotatable bonds is 3. The fraction of sp³-hybridized carbons (Fsp3) is 0.467. The molecule has 0 radical (unpaired) electrons. The van der Waals surface area contributed by atoms with E-state index in [2.05, 4.69) is 5.32 Å². The molecule has 1 heterocycles. The first-order valence-corrected chi connectivity index (χ1v) is 7.19. The molecule has 114 valence electrons. The van der Waals surface area contributed by atoms with E-state index in [9.17, 15) is 14.7 Å². The fourth-order valence-electron chi connectivity index (χ4n) is 2.35. The molecule has 1 fully saturated rings. The Morgan fingerprint density at radius 2 is 1.81 bits per heavy atom. The van der Waals surface area contributed by atoms with E-state index in [0.29, 0.717) is 19.5 Å². The number of aromatic hydroxyl groups is 1. The Morgan fingerprint density at radius 3 is 2.43 bits per heavy atom. The van der Waals surface area contributed by atoms with Crippen molar-refractivity contribution in [3.63, 3.8) is 0 Å². The van der Waals surface area contributed by atoms with Gasteiger partial charge in [0.15, 0.2) is 0 Å². The van der Waals surface area contributed by atoms with Gasteiger partial charge in [0.2, 0.25) is 5.91 Å². The number of hydrogen-bond acceptors (Lipinski definition) is 4. The Bertz CT molecular complexity index is 495. The number of piperidine rings is 1. The number of nitrogens with two attached hydrogens (primary N) is 1. The molecule has 1 aliphatic rings. The Balaban J connectivity index is 1.84. The molecule has 1 aromatic rings. The number of likely N-dealkylation sites (tertiary alicyclic amines) is 1. The van der Waals surface area contributed by atoms with Crippen molar-refractivity contribution in [3.8, 4) is 5.75 Å². The summed E-state index contributed by atoms with van der Waals surface area (Å²) >= 11 is 0. The van der Waals surface area contributed by atoms with Crippen LogP contribution in [0, 0.1) is 0 Å². The van der Waals surface area contributed by atoms with E-state index in [1.54, 1.807) is 29.2 Å². The molecule has 0 bridgehead atoms. The second kappa shape index (κ2) is 7.08. The topological polar surface area (TPSA) is 95.7 Å². The summed E-state index contributed by atoms with van der Waals surface area (Å²) in [5, 5.41) is 11.6. The van der Waals surface area contributed by atoms with Crippen molar-refractivity contribution in [2.24, 2.45) is 5.73 Å². The summed E-state index contributed by atoms with van der Waals surface area (Å²) < 4.78 is 0. The van der Waals surface area contributed by atoms with Crippen molar-refractivity contribution in [1.82, 2.24) is 10.2 Å². The van der Waals surface area contributed by atoms with Crippen LogP contribution in [0.4, 0.5) is 4.79 Å². The monoisotopic (exact) mass is 291 g/mol. The molecule has 1 saturated heterocycles. The van der Waals surface area contributed by atoms with Crippen molar-refractivity contribution in [1.29, 1.82) is 0 Å². The molecule has 0 unspecified atom stereocenters. The van der Waals surface area contributed by atoms with Crippen LogP contribution in [0.3, 0.4) is 0 Å². The number of hydrogen-bond donors (Lipinski definition) is 3. The highest BCUT2D eigenvalue weighted by Gasteiger charge is 2.21. The quantitative estimate of drug-likeness (QED) is 0.773. The Morgan fingerprint density at radius 1 is 1.19 bits per heavy atom. The van der Waals surface area contributed by atoms with Gasteiger partial charge in [-0.2, -0.15) is 0 Å². The number of phenols is 1. The van der Waals surface area contributed by atoms with E-state index in [1.165, 1.54) is 0 Å². The Labute approximate surface area is 123 Å². The molecular formula is C15H21N3O3. The Kier molecular flexibility index (Phi) is 5.16. The number of carbonyl (C=O) groups excluding carboxylic acids is 2. The van der Waals surface area contributed by atoms with Gasteiger partial charge >= 0.3 is 6.03 Å². The van der Waals surface area contributed by atoms with E-state index in [0.717, 1.165) is 24.8 Å². The number of benzene rings is 1. The average molecular weight is 291 g/mol. The predicted octanol–water partition coefficient (Wildman–Crippen LogP) is 0.984. The first-order chi connectivity index (χ1) is 10.1. The molecule has 4 N–H and O–H groups in total. The normalized spacial score (nSPS) is 16.3. The first kappa shape index (κ1) is 15.3. The number of imide groups is 1. The summed E-state index contributed by atoms with van der Waals surface area (Å²) in [4.78, 5) is 25.5. The average Bonchev–Trinajstić information content (AvgIpc) is 2.50. The van der Waals surface area contributed by atoms with Gasteiger partial charge in [0.1, 0.15) is 5.75 Å². The summed E-state index contributed by atoms with van der Waals surface area (Å²) in [6, 6.07) is 5.34. The summed E-state index contributed by atoms with van der Waals surface area (Å²) in [6.07, 6.45) is 3.39. The summed E-state index contributed by atoms with van der Waals surface area (Å²) in [5.74, 6) is -0.310. The third-order valence-corrected chi connectivity index (χ3v) is 3.60. The highest BCUT2D eigenvalue weighted by atomic mass is 16.3. The van der Waals surface area contributed by atoms with Crippen LogP contribution in [0.15, 0.2) is 24.3 Å². The van der Waals surface area contributed by atoms with Crippen LogP contribution in [-0.2, 0) is 11.2 Å². The second-order valence-electron chi connectivity index (χ2n) is 5.32. The van der Waals surface area contributed by atoms with Crippen LogP contribution in [0.2, 0.25) is 0 Å². The first-order valence-electron chi connectivity index (χ1n) is 7.19. The van der Waals surface area contributed by atoms with Gasteiger partial charge in [-0.15, -0.1) is 0 Å². The predicted molar refractivity (Wildman–Crippen MR) is 78.7 cm³/mol. The largest absolute Gasteiger partial charge is 0.508 e. The van der Waals surface area contributed by atoms with Gasteiger partial charge in [0, 0.05) is 13.1 Å². The van der Waals surface area contributed by atoms with Gasteiger partial charge in [-0.25, -0.2) is 4.79 Å². The SMILES string of the molecule is N[C@@H](Cc1ccc(O)cc1)C(=O)NC(=O)N1CCCCC1. The lowest BCUT2D eigenvalue weighted by atomic mass is 10.1. The minimum Gasteiger partial charge on any atom is -0.508 e. The molecule has 1 atom stereocenters. The molecule has 0 aliphatic carbocycles. The van der Waals surface area contributed by atoms with E-state index in [4.69, 9.17) is 5.73 Å². The lowest BCUT2D eigenvalue weighted by molar-refractivity contribution is -0.121. The lowest BCUT2D eigenvalue weighted by Crippen LogP contribution is -2.50. The van der Waals surface area contributed by atoms with Crippen LogP contribution < -0.4 is 11.1 Å². The molecule has 0 aromatic heterocycles. The summed E-state index contributed by atoms with van der Waals surface area (Å²) in [5.41, 5.74) is 6.65. The molecule has 21 heavy (non-hydrogen) atoms. The van der Waals surface area contributed by atoms with E-state index in [1.807, 2.05) is 0 Å². The molecule has 3 amide bonds. The molecule has 0 saturated carbocycles. The maximum absolute atomic E-state index is 11.9. The van der Waals surface area contributed by atoms with E-state index in [-0.39, 0.29) is 11.8 Å². The highest BCUT2D eigenvalue weighted by molar-refractivity contribution is 5.97. The number of phenolic OH excluding ortho intramolecular Hbond substituents is 1. The van der Waals surface area contributed by atoms with Crippen LogP contribution in [0.25, 0.3) is 0 Å². The highest BCUT2D eigenvalue weighted by Crippen LogP contribution is 2.11. The van der Waals surface area contributed by atoms with Gasteiger partial charge in [0.05, 0.1) is 6.04 Å². The van der Waals surface area contributed by atoms with Crippen LogP contribution >= 0.6 is 0 Å². The van der Waals surface area contributed by atoms with E-state index < -0.39 is 11.9 Å². The molecule has 1 aliphatic heterocycles. The third-order valence-electron chi connectivity index (χ3n) is 3.60. The van der Waals surface area contributed by atoms with Gasteiger partial charge in [0.25, 0.3) is 0 Å². The smallest absolute Gasteiger partial charge is 0.324 e. The third kappa shape index (κ3) is 4.46. The number of nitrogens with one attached hydrogen (secondary N) is 1. The van der Waals surface area contributed by atoms with Crippen molar-refractivity contribution >= 4 is 11.9 Å². The lowest BCUT2D eigenvalue weighted by Gasteiger charge is -2.26. The second-order valence-corrected chi connectivity index (χ2v) is 5.32.